The van der Waals surface area contributed by atoms with Crippen molar-refractivity contribution in [1.29, 1.82) is 0 Å². The summed E-state index contributed by atoms with van der Waals surface area (Å²) in [5.74, 6) is -0.309. The highest BCUT2D eigenvalue weighted by Crippen LogP contribution is 2.34. The topological polar surface area (TPSA) is 85.8 Å². The van der Waals surface area contributed by atoms with Crippen molar-refractivity contribution < 1.29 is 19.1 Å². The standard InChI is InChI=1S/C19H20ClN5O4/c1-11-8-24-15-16(21-18(24)23(11)10-14(26)29-3)22(2)19(28)25(17(15)27)9-12-5-4-6-13(20)7-12/h4-8,15-16H,9-10H2,1-3H3. The Morgan fingerprint density at radius 1 is 1.28 bits per heavy atom. The second-order valence-corrected chi connectivity index (χ2v) is 7.51. The van der Waals surface area contributed by atoms with Gasteiger partial charge in [-0.25, -0.2) is 9.79 Å². The van der Waals surface area contributed by atoms with Crippen LogP contribution in [0.4, 0.5) is 4.79 Å². The van der Waals surface area contributed by atoms with Crippen molar-refractivity contribution in [2.24, 2.45) is 4.99 Å². The molecule has 2 unspecified atom stereocenters. The summed E-state index contributed by atoms with van der Waals surface area (Å²) in [7, 11) is 2.93. The van der Waals surface area contributed by atoms with Crippen molar-refractivity contribution in [3.05, 3.63) is 46.7 Å². The minimum atomic E-state index is -0.690. The van der Waals surface area contributed by atoms with Crippen LogP contribution >= 0.6 is 11.6 Å². The fourth-order valence-corrected chi connectivity index (χ4v) is 3.97. The molecule has 0 aliphatic carbocycles. The second kappa shape index (κ2) is 7.07. The van der Waals surface area contributed by atoms with Gasteiger partial charge in [0.15, 0.2) is 12.2 Å². The molecule has 3 heterocycles. The number of guanidine groups is 1. The number of methoxy groups -OCH3 is 1. The average molecular weight is 418 g/mol. The molecule has 10 heteroatoms. The van der Waals surface area contributed by atoms with Gasteiger partial charge in [0, 0.05) is 24.0 Å². The minimum absolute atomic E-state index is 0.0221. The highest BCUT2D eigenvalue weighted by Gasteiger charge is 2.54. The molecule has 3 aliphatic heterocycles. The van der Waals surface area contributed by atoms with Crippen molar-refractivity contribution in [3.8, 4) is 0 Å². The summed E-state index contributed by atoms with van der Waals surface area (Å²) in [6.07, 6.45) is 1.11. The van der Waals surface area contributed by atoms with Gasteiger partial charge in [0.05, 0.1) is 13.7 Å². The van der Waals surface area contributed by atoms with Gasteiger partial charge in [-0.1, -0.05) is 23.7 Å². The van der Waals surface area contributed by atoms with Crippen molar-refractivity contribution in [1.82, 2.24) is 19.6 Å². The minimum Gasteiger partial charge on any atom is -0.468 e. The number of hydrogen-bond donors (Lipinski definition) is 0. The van der Waals surface area contributed by atoms with E-state index in [0.717, 1.165) is 11.3 Å². The van der Waals surface area contributed by atoms with E-state index in [2.05, 4.69) is 4.99 Å². The molecule has 0 radical (unpaired) electrons. The highest BCUT2D eigenvalue weighted by atomic mass is 35.5. The van der Waals surface area contributed by atoms with Crippen LogP contribution in [0, 0.1) is 0 Å². The van der Waals surface area contributed by atoms with E-state index in [1.807, 2.05) is 13.0 Å². The number of rotatable bonds is 4. The van der Waals surface area contributed by atoms with E-state index < -0.39 is 24.2 Å². The number of halogens is 1. The molecular weight excluding hydrogens is 398 g/mol. The van der Waals surface area contributed by atoms with Gasteiger partial charge in [0.25, 0.3) is 5.91 Å². The van der Waals surface area contributed by atoms with Crippen LogP contribution in [0.5, 0.6) is 0 Å². The van der Waals surface area contributed by atoms with Crippen molar-refractivity contribution in [3.63, 3.8) is 0 Å². The Kier molecular flexibility index (Phi) is 4.70. The van der Waals surface area contributed by atoms with E-state index in [1.165, 1.54) is 16.9 Å². The molecule has 1 fully saturated rings. The van der Waals surface area contributed by atoms with Crippen LogP contribution in [0.2, 0.25) is 5.02 Å². The molecule has 4 rings (SSSR count). The zero-order valence-electron chi connectivity index (χ0n) is 16.2. The largest absolute Gasteiger partial charge is 0.468 e. The summed E-state index contributed by atoms with van der Waals surface area (Å²) in [4.78, 5) is 48.5. The molecule has 1 aromatic rings. The second-order valence-electron chi connectivity index (χ2n) is 7.08. The van der Waals surface area contributed by atoms with E-state index in [1.54, 1.807) is 41.2 Å². The molecule has 152 valence electrons. The number of likely N-dealkylation sites (N-methyl/N-ethyl adjacent to an activating group) is 1. The first-order valence-corrected chi connectivity index (χ1v) is 9.41. The molecule has 1 aromatic carbocycles. The van der Waals surface area contributed by atoms with Gasteiger partial charge in [0.2, 0.25) is 5.96 Å². The number of nitrogens with zero attached hydrogens (tertiary/aromatic N) is 5. The summed E-state index contributed by atoms with van der Waals surface area (Å²) in [5, 5.41) is 0.536. The number of benzene rings is 1. The van der Waals surface area contributed by atoms with Gasteiger partial charge < -0.3 is 19.4 Å². The molecule has 9 nitrogen and oxygen atoms in total. The number of aliphatic imine (C=N–C) groups is 1. The van der Waals surface area contributed by atoms with Gasteiger partial charge in [0.1, 0.15) is 6.54 Å². The van der Waals surface area contributed by atoms with E-state index in [9.17, 15) is 14.4 Å². The number of carbonyl (C=O) groups is 3. The summed E-state index contributed by atoms with van der Waals surface area (Å²) < 4.78 is 4.75. The summed E-state index contributed by atoms with van der Waals surface area (Å²) in [6.45, 7) is 1.92. The zero-order valence-corrected chi connectivity index (χ0v) is 17.0. The van der Waals surface area contributed by atoms with Gasteiger partial charge in [-0.15, -0.1) is 0 Å². The molecule has 0 spiro atoms. The highest BCUT2D eigenvalue weighted by molar-refractivity contribution is 6.30. The van der Waals surface area contributed by atoms with E-state index in [4.69, 9.17) is 16.3 Å². The number of fused-ring (bicyclic) bond motifs is 3. The number of allylic oxidation sites excluding steroid dienone is 1. The molecule has 0 aromatic heterocycles. The number of hydrogen-bond acceptors (Lipinski definition) is 7. The zero-order chi connectivity index (χ0) is 20.9. The van der Waals surface area contributed by atoms with Gasteiger partial charge in [-0.2, -0.15) is 0 Å². The summed E-state index contributed by atoms with van der Waals surface area (Å²) in [5.41, 5.74) is 1.52. The van der Waals surface area contributed by atoms with Crippen LogP contribution in [0.25, 0.3) is 0 Å². The first-order chi connectivity index (χ1) is 13.8. The van der Waals surface area contributed by atoms with Crippen LogP contribution in [-0.2, 0) is 20.9 Å². The molecule has 3 amide bonds. The first kappa shape index (κ1) is 19.3. The van der Waals surface area contributed by atoms with Crippen LogP contribution in [0.1, 0.15) is 12.5 Å². The lowest BCUT2D eigenvalue weighted by Crippen LogP contribution is -2.63. The van der Waals surface area contributed by atoms with Gasteiger partial charge in [-0.05, 0) is 24.6 Å². The number of carbonyl (C=O) groups excluding carboxylic acids is 3. The summed E-state index contributed by atoms with van der Waals surface area (Å²) >= 11 is 6.04. The Morgan fingerprint density at radius 2 is 2.03 bits per heavy atom. The van der Waals surface area contributed by atoms with E-state index >= 15 is 0 Å². The lowest BCUT2D eigenvalue weighted by molar-refractivity contribution is -0.140. The predicted molar refractivity (Wildman–Crippen MR) is 104 cm³/mol. The van der Waals surface area contributed by atoms with Crippen molar-refractivity contribution >= 4 is 35.5 Å². The van der Waals surface area contributed by atoms with E-state index in [-0.39, 0.29) is 19.0 Å². The number of imide groups is 1. The van der Waals surface area contributed by atoms with Crippen molar-refractivity contribution in [2.45, 2.75) is 25.7 Å². The normalized spacial score (nSPS) is 23.2. The molecule has 29 heavy (non-hydrogen) atoms. The maximum atomic E-state index is 13.3. The Hall–Kier alpha value is -3.07. The third-order valence-corrected chi connectivity index (χ3v) is 5.48. The Morgan fingerprint density at radius 3 is 2.72 bits per heavy atom. The third-order valence-electron chi connectivity index (χ3n) is 5.25. The maximum absolute atomic E-state index is 13.3. The van der Waals surface area contributed by atoms with Crippen LogP contribution in [0.15, 0.2) is 41.2 Å². The Bertz CT molecular complexity index is 962. The number of urea groups is 1. The van der Waals surface area contributed by atoms with Crippen LogP contribution in [-0.4, -0.2) is 76.4 Å². The lowest BCUT2D eigenvalue weighted by atomic mass is 10.1. The third kappa shape index (κ3) is 3.11. The fraction of sp³-hybridized carbons (Fsp3) is 0.368. The molecule has 0 saturated carbocycles. The maximum Gasteiger partial charge on any atom is 0.328 e. The summed E-state index contributed by atoms with van der Waals surface area (Å²) in [6, 6.07) is 5.93. The molecule has 0 bridgehead atoms. The Balaban J connectivity index is 1.62. The SMILES string of the molecule is COC(=O)CN1C(C)=CN2C1=NC1C2C(=O)N(Cc2cccc(Cl)c2)C(=O)N1C. The number of ether oxygens (including phenoxy) is 1. The average Bonchev–Trinajstić information content (AvgIpc) is 3.19. The van der Waals surface area contributed by atoms with Gasteiger partial charge >= 0.3 is 12.0 Å². The van der Waals surface area contributed by atoms with Crippen LogP contribution in [0.3, 0.4) is 0 Å². The molecule has 0 N–H and O–H groups in total. The first-order valence-electron chi connectivity index (χ1n) is 9.03. The predicted octanol–water partition coefficient (Wildman–Crippen LogP) is 1.45. The number of amides is 3. The quantitative estimate of drug-likeness (QED) is 0.689. The van der Waals surface area contributed by atoms with Gasteiger partial charge in [-0.3, -0.25) is 14.5 Å². The molecule has 3 aliphatic rings. The lowest BCUT2D eigenvalue weighted by Gasteiger charge is -2.40. The molecule has 2 atom stereocenters. The monoisotopic (exact) mass is 417 g/mol. The van der Waals surface area contributed by atoms with E-state index in [0.29, 0.717) is 11.0 Å². The molecule has 1 saturated heterocycles. The van der Waals surface area contributed by atoms with Crippen LogP contribution < -0.4 is 0 Å². The van der Waals surface area contributed by atoms with Crippen molar-refractivity contribution in [2.75, 3.05) is 20.7 Å². The molecular formula is C19H20ClN5O4. The Labute approximate surface area is 172 Å². The number of esters is 1. The fourth-order valence-electron chi connectivity index (χ4n) is 3.75. The smallest absolute Gasteiger partial charge is 0.328 e.